The van der Waals surface area contributed by atoms with E-state index in [0.717, 1.165) is 36.5 Å². The summed E-state index contributed by atoms with van der Waals surface area (Å²) in [5.74, 6) is 0.990. The van der Waals surface area contributed by atoms with Crippen molar-refractivity contribution < 1.29 is 4.42 Å². The highest BCUT2D eigenvalue weighted by Gasteiger charge is 2.08. The van der Waals surface area contributed by atoms with Crippen LogP contribution in [0.3, 0.4) is 0 Å². The molecule has 0 atom stereocenters. The van der Waals surface area contributed by atoms with Crippen molar-refractivity contribution in [1.29, 1.82) is 0 Å². The molecule has 0 unspecified atom stereocenters. The highest BCUT2D eigenvalue weighted by molar-refractivity contribution is 5.65. The van der Waals surface area contributed by atoms with Crippen molar-refractivity contribution >= 4 is 0 Å². The van der Waals surface area contributed by atoms with Gasteiger partial charge in [-0.1, -0.05) is 6.92 Å². The molecule has 3 heteroatoms. The average molecular weight is 230 g/mol. The van der Waals surface area contributed by atoms with Gasteiger partial charge in [0.25, 0.3) is 0 Å². The summed E-state index contributed by atoms with van der Waals surface area (Å²) in [6.07, 6.45) is 4.71. The smallest absolute Gasteiger partial charge is 0.125 e. The van der Waals surface area contributed by atoms with E-state index in [4.69, 9.17) is 4.42 Å². The Kier molecular flexibility index (Phi) is 3.94. The minimum absolute atomic E-state index is 0.775. The Morgan fingerprint density at radius 2 is 2.24 bits per heavy atom. The Morgan fingerprint density at radius 1 is 1.35 bits per heavy atom. The van der Waals surface area contributed by atoms with Gasteiger partial charge in [0.05, 0.1) is 12.8 Å². The monoisotopic (exact) mass is 230 g/mol. The van der Waals surface area contributed by atoms with Crippen molar-refractivity contribution in [3.05, 3.63) is 42.1 Å². The number of nitrogens with one attached hydrogen (secondary N) is 1. The molecule has 3 nitrogen and oxygen atoms in total. The summed E-state index contributed by atoms with van der Waals surface area (Å²) in [6.45, 7) is 5.94. The molecule has 0 aliphatic carbocycles. The highest BCUT2D eigenvalue weighted by atomic mass is 16.3. The van der Waals surface area contributed by atoms with E-state index in [9.17, 15) is 0 Å². The number of hydrogen-bond acceptors (Lipinski definition) is 3. The minimum Gasteiger partial charge on any atom is -0.467 e. The third kappa shape index (κ3) is 2.94. The van der Waals surface area contributed by atoms with E-state index in [-0.39, 0.29) is 0 Å². The lowest BCUT2D eigenvalue weighted by atomic mass is 10.1. The van der Waals surface area contributed by atoms with Crippen molar-refractivity contribution in [1.82, 2.24) is 10.3 Å². The first-order valence-electron chi connectivity index (χ1n) is 6.01. The van der Waals surface area contributed by atoms with Gasteiger partial charge < -0.3 is 9.73 Å². The SMILES string of the molecule is CCCNCc1occc1-c1ccnc(C)c1. The maximum absolute atomic E-state index is 5.52. The fourth-order valence-electron chi connectivity index (χ4n) is 1.83. The number of furan rings is 1. The quantitative estimate of drug-likeness (QED) is 0.802. The summed E-state index contributed by atoms with van der Waals surface area (Å²) in [7, 11) is 0. The second-order valence-electron chi connectivity index (χ2n) is 4.12. The molecule has 0 amide bonds. The van der Waals surface area contributed by atoms with E-state index >= 15 is 0 Å². The predicted molar refractivity (Wildman–Crippen MR) is 68.7 cm³/mol. The fraction of sp³-hybridized carbons (Fsp3) is 0.357. The molecule has 0 aromatic carbocycles. The van der Waals surface area contributed by atoms with Crippen molar-refractivity contribution in [3.63, 3.8) is 0 Å². The molecule has 2 heterocycles. The molecule has 2 aromatic rings. The first-order chi connectivity index (χ1) is 8.31. The van der Waals surface area contributed by atoms with Gasteiger partial charge in [-0.05, 0) is 43.7 Å². The molecule has 0 aliphatic rings. The van der Waals surface area contributed by atoms with Gasteiger partial charge in [-0.3, -0.25) is 4.98 Å². The van der Waals surface area contributed by atoms with Crippen LogP contribution in [0.25, 0.3) is 11.1 Å². The zero-order valence-electron chi connectivity index (χ0n) is 10.4. The first kappa shape index (κ1) is 11.9. The van der Waals surface area contributed by atoms with E-state index in [1.54, 1.807) is 6.26 Å². The Bertz CT molecular complexity index is 477. The number of aryl methyl sites for hydroxylation is 1. The Morgan fingerprint density at radius 3 is 3.00 bits per heavy atom. The van der Waals surface area contributed by atoms with Crippen LogP contribution in [0.4, 0.5) is 0 Å². The van der Waals surface area contributed by atoms with Gasteiger partial charge in [-0.25, -0.2) is 0 Å². The average Bonchev–Trinajstić information content (AvgIpc) is 2.78. The van der Waals surface area contributed by atoms with Gasteiger partial charge in [-0.15, -0.1) is 0 Å². The molecule has 0 spiro atoms. The molecule has 2 rings (SSSR count). The zero-order valence-corrected chi connectivity index (χ0v) is 10.4. The molecule has 0 saturated carbocycles. The molecule has 90 valence electrons. The molecule has 2 aromatic heterocycles. The van der Waals surface area contributed by atoms with Crippen LogP contribution >= 0.6 is 0 Å². The molecule has 17 heavy (non-hydrogen) atoms. The molecular formula is C14H18N2O. The minimum atomic E-state index is 0.775. The Balaban J connectivity index is 2.18. The normalized spacial score (nSPS) is 10.7. The van der Waals surface area contributed by atoms with Gasteiger partial charge in [0.15, 0.2) is 0 Å². The second-order valence-corrected chi connectivity index (χ2v) is 4.12. The maximum Gasteiger partial charge on any atom is 0.125 e. The van der Waals surface area contributed by atoms with E-state index in [2.05, 4.69) is 23.3 Å². The van der Waals surface area contributed by atoms with Crippen LogP contribution in [0.15, 0.2) is 35.1 Å². The Labute approximate surface area is 102 Å². The van der Waals surface area contributed by atoms with Gasteiger partial charge >= 0.3 is 0 Å². The number of pyridine rings is 1. The topological polar surface area (TPSA) is 38.1 Å². The van der Waals surface area contributed by atoms with Crippen molar-refractivity contribution in [3.8, 4) is 11.1 Å². The van der Waals surface area contributed by atoms with Gasteiger partial charge in [0.1, 0.15) is 5.76 Å². The molecule has 1 N–H and O–H groups in total. The van der Waals surface area contributed by atoms with E-state index in [1.165, 1.54) is 5.56 Å². The third-order valence-electron chi connectivity index (χ3n) is 2.67. The van der Waals surface area contributed by atoms with Crippen molar-refractivity contribution in [2.45, 2.75) is 26.8 Å². The summed E-state index contributed by atoms with van der Waals surface area (Å²) in [5.41, 5.74) is 3.34. The second kappa shape index (κ2) is 5.64. The van der Waals surface area contributed by atoms with Gasteiger partial charge in [-0.2, -0.15) is 0 Å². The summed E-state index contributed by atoms with van der Waals surface area (Å²) in [4.78, 5) is 4.21. The van der Waals surface area contributed by atoms with E-state index in [0.29, 0.717) is 0 Å². The number of rotatable bonds is 5. The third-order valence-corrected chi connectivity index (χ3v) is 2.67. The van der Waals surface area contributed by atoms with Crippen LogP contribution in [0.5, 0.6) is 0 Å². The molecule has 0 fully saturated rings. The molecule has 0 aliphatic heterocycles. The van der Waals surface area contributed by atoms with E-state index < -0.39 is 0 Å². The van der Waals surface area contributed by atoms with Crippen LogP contribution in [-0.2, 0) is 6.54 Å². The van der Waals surface area contributed by atoms with Crippen LogP contribution in [-0.4, -0.2) is 11.5 Å². The van der Waals surface area contributed by atoms with Crippen LogP contribution in [0.1, 0.15) is 24.8 Å². The standard InChI is InChI=1S/C14H18N2O/c1-3-6-15-10-14-13(5-8-17-14)12-4-7-16-11(2)9-12/h4-5,7-9,15H,3,6,10H2,1-2H3. The summed E-state index contributed by atoms with van der Waals surface area (Å²) in [5, 5.41) is 3.35. The predicted octanol–water partition coefficient (Wildman–Crippen LogP) is 3.15. The van der Waals surface area contributed by atoms with Crippen molar-refractivity contribution in [2.75, 3.05) is 6.54 Å². The number of hydrogen-bond donors (Lipinski definition) is 1. The van der Waals surface area contributed by atoms with E-state index in [1.807, 2.05) is 25.3 Å². The Hall–Kier alpha value is -1.61. The molecule has 0 saturated heterocycles. The maximum atomic E-state index is 5.52. The summed E-state index contributed by atoms with van der Waals surface area (Å²) >= 11 is 0. The molecule has 0 bridgehead atoms. The summed E-state index contributed by atoms with van der Waals surface area (Å²) in [6, 6.07) is 6.10. The van der Waals surface area contributed by atoms with Crippen LogP contribution in [0, 0.1) is 6.92 Å². The lowest BCUT2D eigenvalue weighted by Crippen LogP contribution is -2.13. The number of nitrogens with zero attached hydrogens (tertiary/aromatic N) is 1. The van der Waals surface area contributed by atoms with Gasteiger partial charge in [0.2, 0.25) is 0 Å². The van der Waals surface area contributed by atoms with Crippen LogP contribution < -0.4 is 5.32 Å². The molecular weight excluding hydrogens is 212 g/mol. The lowest BCUT2D eigenvalue weighted by molar-refractivity contribution is 0.484. The summed E-state index contributed by atoms with van der Waals surface area (Å²) < 4.78 is 5.52. The lowest BCUT2D eigenvalue weighted by Gasteiger charge is -2.04. The van der Waals surface area contributed by atoms with Gasteiger partial charge in [0, 0.05) is 17.5 Å². The zero-order chi connectivity index (χ0) is 12.1. The first-order valence-corrected chi connectivity index (χ1v) is 6.01. The number of aromatic nitrogens is 1. The van der Waals surface area contributed by atoms with Crippen molar-refractivity contribution in [2.24, 2.45) is 0 Å². The largest absolute Gasteiger partial charge is 0.467 e. The fourth-order valence-corrected chi connectivity index (χ4v) is 1.83. The molecule has 0 radical (unpaired) electrons. The highest BCUT2D eigenvalue weighted by Crippen LogP contribution is 2.24. The van der Waals surface area contributed by atoms with Crippen LogP contribution in [0.2, 0.25) is 0 Å².